The van der Waals surface area contributed by atoms with E-state index in [4.69, 9.17) is 4.74 Å². The normalized spacial score (nSPS) is 15.1. The Morgan fingerprint density at radius 3 is 2.71 bits per heavy atom. The number of carbonyl (C=O) groups is 3. The molecule has 1 aromatic carbocycles. The number of aryl methyl sites for hydroxylation is 1. The van der Waals surface area contributed by atoms with Crippen LogP contribution in [0.5, 0.6) is 0 Å². The highest BCUT2D eigenvalue weighted by molar-refractivity contribution is 5.96. The smallest absolute Gasteiger partial charge is 0.405 e. The largest absolute Gasteiger partial charge is 0.449 e. The lowest BCUT2D eigenvalue weighted by Gasteiger charge is -2.18. The van der Waals surface area contributed by atoms with Crippen LogP contribution in [-0.4, -0.2) is 36.6 Å². The van der Waals surface area contributed by atoms with E-state index in [1.54, 1.807) is 5.32 Å². The summed E-state index contributed by atoms with van der Waals surface area (Å²) >= 11 is 0. The summed E-state index contributed by atoms with van der Waals surface area (Å²) in [5.74, 6) is -1.98. The lowest BCUT2D eigenvalue weighted by molar-refractivity contribution is -0.143. The van der Waals surface area contributed by atoms with Gasteiger partial charge in [-0.2, -0.15) is 13.2 Å². The number of benzene rings is 1. The van der Waals surface area contributed by atoms with Crippen molar-refractivity contribution in [3.05, 3.63) is 29.3 Å². The van der Waals surface area contributed by atoms with Gasteiger partial charge in [0.25, 0.3) is 5.91 Å². The lowest BCUT2D eigenvalue weighted by Crippen LogP contribution is -2.40. The number of carbonyl (C=O) groups excluding carboxylic acids is 3. The van der Waals surface area contributed by atoms with Gasteiger partial charge in [-0.1, -0.05) is 0 Å². The topological polar surface area (TPSA) is 84.5 Å². The van der Waals surface area contributed by atoms with Gasteiger partial charge >= 0.3 is 12.1 Å². The number of fused-ring (bicyclic) bond motifs is 1. The van der Waals surface area contributed by atoms with Crippen LogP contribution in [-0.2, 0) is 20.7 Å². The van der Waals surface area contributed by atoms with E-state index in [-0.39, 0.29) is 11.5 Å². The summed E-state index contributed by atoms with van der Waals surface area (Å²) in [6.45, 7) is -0.311. The molecule has 1 aromatic rings. The third-order valence-corrected chi connectivity index (χ3v) is 3.35. The Kier molecular flexibility index (Phi) is 5.10. The van der Waals surface area contributed by atoms with Crippen LogP contribution < -0.4 is 10.6 Å². The van der Waals surface area contributed by atoms with Crippen LogP contribution in [0.15, 0.2) is 18.2 Å². The molecule has 0 bridgehead atoms. The molecule has 2 N–H and O–H groups in total. The van der Waals surface area contributed by atoms with Crippen molar-refractivity contribution >= 4 is 23.5 Å². The Morgan fingerprint density at radius 2 is 2.04 bits per heavy atom. The molecule has 0 saturated carbocycles. The molecule has 24 heavy (non-hydrogen) atoms. The van der Waals surface area contributed by atoms with E-state index in [2.05, 4.69) is 5.32 Å². The minimum absolute atomic E-state index is 0.118. The fraction of sp³-hybridized carbons (Fsp3) is 0.400. The number of halogens is 3. The standard InChI is InChI=1S/C15H15F3N2O4/c1-8(13(22)19-7-15(16,17)18)24-14(23)10-2-4-11-9(6-10)3-5-12(21)20-11/h2,4,6,8H,3,5,7H2,1H3,(H,19,22)(H,20,21). The van der Waals surface area contributed by atoms with Gasteiger partial charge in [0.2, 0.25) is 5.91 Å². The zero-order chi connectivity index (χ0) is 17.9. The van der Waals surface area contributed by atoms with Gasteiger partial charge in [-0.05, 0) is 37.1 Å². The average Bonchev–Trinajstić information content (AvgIpc) is 2.51. The van der Waals surface area contributed by atoms with Crippen molar-refractivity contribution in [1.29, 1.82) is 0 Å². The van der Waals surface area contributed by atoms with Crippen LogP contribution in [0.25, 0.3) is 0 Å². The van der Waals surface area contributed by atoms with E-state index in [9.17, 15) is 27.6 Å². The van der Waals surface area contributed by atoms with Gasteiger partial charge < -0.3 is 15.4 Å². The number of amides is 2. The quantitative estimate of drug-likeness (QED) is 0.816. The maximum atomic E-state index is 12.0. The summed E-state index contributed by atoms with van der Waals surface area (Å²) in [6, 6.07) is 4.47. The maximum absolute atomic E-state index is 12.0. The second-order valence-electron chi connectivity index (χ2n) is 5.30. The van der Waals surface area contributed by atoms with E-state index in [0.717, 1.165) is 5.56 Å². The van der Waals surface area contributed by atoms with Crippen molar-refractivity contribution in [2.45, 2.75) is 32.0 Å². The molecule has 1 aliphatic heterocycles. The van der Waals surface area contributed by atoms with Crippen molar-refractivity contribution in [3.8, 4) is 0 Å². The fourth-order valence-electron chi connectivity index (χ4n) is 2.12. The molecule has 0 aliphatic carbocycles. The fourth-order valence-corrected chi connectivity index (χ4v) is 2.12. The average molecular weight is 344 g/mol. The Balaban J connectivity index is 1.97. The molecule has 0 saturated heterocycles. The predicted octanol–water partition coefficient (Wildman–Crippen LogP) is 1.80. The van der Waals surface area contributed by atoms with Crippen molar-refractivity contribution in [3.63, 3.8) is 0 Å². The van der Waals surface area contributed by atoms with Gasteiger partial charge in [-0.25, -0.2) is 4.79 Å². The lowest BCUT2D eigenvalue weighted by atomic mass is 10.0. The van der Waals surface area contributed by atoms with E-state index in [1.165, 1.54) is 25.1 Å². The maximum Gasteiger partial charge on any atom is 0.405 e. The summed E-state index contributed by atoms with van der Waals surface area (Å²) in [4.78, 5) is 34.8. The molecule has 130 valence electrons. The van der Waals surface area contributed by atoms with Gasteiger partial charge in [0, 0.05) is 12.1 Å². The number of hydrogen-bond donors (Lipinski definition) is 2. The molecule has 1 aliphatic rings. The number of anilines is 1. The molecule has 1 atom stereocenters. The Morgan fingerprint density at radius 1 is 1.33 bits per heavy atom. The zero-order valence-electron chi connectivity index (χ0n) is 12.7. The molecular formula is C15H15F3N2O4. The Hall–Kier alpha value is -2.58. The highest BCUT2D eigenvalue weighted by Gasteiger charge is 2.29. The van der Waals surface area contributed by atoms with Crippen molar-refractivity contribution in [2.24, 2.45) is 0 Å². The van der Waals surface area contributed by atoms with Crippen LogP contribution in [0.3, 0.4) is 0 Å². The minimum atomic E-state index is -4.54. The van der Waals surface area contributed by atoms with Crippen molar-refractivity contribution < 1.29 is 32.3 Å². The van der Waals surface area contributed by atoms with E-state index >= 15 is 0 Å². The molecule has 0 aromatic heterocycles. The second-order valence-corrected chi connectivity index (χ2v) is 5.30. The summed E-state index contributed by atoms with van der Waals surface area (Å²) < 4.78 is 41.0. The molecule has 2 rings (SSSR count). The Bertz CT molecular complexity index is 673. The van der Waals surface area contributed by atoms with E-state index < -0.39 is 30.7 Å². The first-order valence-electron chi connectivity index (χ1n) is 7.14. The first-order chi connectivity index (χ1) is 11.2. The van der Waals surface area contributed by atoms with E-state index in [0.29, 0.717) is 18.5 Å². The molecule has 1 heterocycles. The highest BCUT2D eigenvalue weighted by atomic mass is 19.4. The number of hydrogen-bond acceptors (Lipinski definition) is 4. The highest BCUT2D eigenvalue weighted by Crippen LogP contribution is 2.24. The first kappa shape index (κ1) is 17.8. The summed E-state index contributed by atoms with van der Waals surface area (Å²) in [5.41, 5.74) is 1.50. The zero-order valence-corrected chi connectivity index (χ0v) is 12.7. The molecule has 1 unspecified atom stereocenters. The van der Waals surface area contributed by atoms with Gasteiger partial charge in [-0.15, -0.1) is 0 Å². The number of ether oxygens (including phenoxy) is 1. The van der Waals surface area contributed by atoms with Gasteiger partial charge in [0.05, 0.1) is 5.56 Å². The molecule has 9 heteroatoms. The predicted molar refractivity (Wildman–Crippen MR) is 77.3 cm³/mol. The van der Waals surface area contributed by atoms with Gasteiger partial charge in [0.15, 0.2) is 6.10 Å². The first-order valence-corrected chi connectivity index (χ1v) is 7.14. The molecule has 0 radical (unpaired) electrons. The third-order valence-electron chi connectivity index (χ3n) is 3.35. The minimum Gasteiger partial charge on any atom is -0.449 e. The van der Waals surface area contributed by atoms with Crippen LogP contribution in [0.1, 0.15) is 29.3 Å². The summed E-state index contributed by atoms with van der Waals surface area (Å²) in [7, 11) is 0. The van der Waals surface area contributed by atoms with E-state index in [1.807, 2.05) is 0 Å². The van der Waals surface area contributed by atoms with Gasteiger partial charge in [-0.3, -0.25) is 9.59 Å². The van der Waals surface area contributed by atoms with Crippen LogP contribution in [0.4, 0.5) is 18.9 Å². The third kappa shape index (κ3) is 4.71. The number of esters is 1. The number of alkyl halides is 3. The van der Waals surface area contributed by atoms with Crippen LogP contribution in [0, 0.1) is 0 Å². The molecule has 2 amide bonds. The molecular weight excluding hydrogens is 329 g/mol. The summed E-state index contributed by atoms with van der Waals surface area (Å²) in [6.07, 6.45) is -5.15. The van der Waals surface area contributed by atoms with Crippen molar-refractivity contribution in [2.75, 3.05) is 11.9 Å². The monoisotopic (exact) mass is 344 g/mol. The molecule has 6 nitrogen and oxygen atoms in total. The SMILES string of the molecule is CC(OC(=O)c1ccc2c(c1)CCC(=O)N2)C(=O)NCC(F)(F)F. The van der Waals surface area contributed by atoms with Crippen LogP contribution in [0.2, 0.25) is 0 Å². The van der Waals surface area contributed by atoms with Gasteiger partial charge in [0.1, 0.15) is 6.54 Å². The second kappa shape index (κ2) is 6.90. The number of nitrogens with one attached hydrogen (secondary N) is 2. The number of rotatable bonds is 4. The van der Waals surface area contributed by atoms with Crippen molar-refractivity contribution in [1.82, 2.24) is 5.32 Å². The summed E-state index contributed by atoms with van der Waals surface area (Å²) in [5, 5.41) is 4.30. The molecule has 0 fully saturated rings. The van der Waals surface area contributed by atoms with Crippen LogP contribution >= 0.6 is 0 Å². The molecule has 0 spiro atoms. The Labute approximate surface area is 135 Å².